The Balaban J connectivity index is 2.23. The van der Waals surface area contributed by atoms with Gasteiger partial charge in [-0.05, 0) is 23.3 Å². The summed E-state index contributed by atoms with van der Waals surface area (Å²) in [5.41, 5.74) is -11.6. The van der Waals surface area contributed by atoms with Crippen LogP contribution in [0.3, 0.4) is 0 Å². The lowest BCUT2D eigenvalue weighted by Crippen LogP contribution is -2.56. The van der Waals surface area contributed by atoms with Crippen LogP contribution in [0.2, 0.25) is 0 Å². The van der Waals surface area contributed by atoms with Crippen molar-refractivity contribution in [1.82, 2.24) is 10.6 Å². The van der Waals surface area contributed by atoms with E-state index in [1.165, 1.54) is 0 Å². The Labute approximate surface area is 168 Å². The third-order valence-electron chi connectivity index (χ3n) is 5.18. The van der Waals surface area contributed by atoms with E-state index in [4.69, 9.17) is 0 Å². The molecule has 0 radical (unpaired) electrons. The van der Waals surface area contributed by atoms with Crippen LogP contribution in [0.25, 0.3) is 0 Å². The van der Waals surface area contributed by atoms with Crippen molar-refractivity contribution in [3.8, 4) is 0 Å². The molecule has 2 aromatic carbocycles. The molecule has 0 spiro atoms. The van der Waals surface area contributed by atoms with E-state index in [0.717, 1.165) is 24.3 Å². The van der Waals surface area contributed by atoms with Crippen LogP contribution in [-0.2, 0) is 5.41 Å². The number of rotatable bonds is 2. The second kappa shape index (κ2) is 6.15. The van der Waals surface area contributed by atoms with Gasteiger partial charge in [-0.1, -0.05) is 24.3 Å². The zero-order chi connectivity index (χ0) is 22.9. The van der Waals surface area contributed by atoms with Crippen molar-refractivity contribution in [3.63, 3.8) is 0 Å². The summed E-state index contributed by atoms with van der Waals surface area (Å²) in [6.07, 6.45) is -12.3. The normalized spacial score (nSPS) is 16.2. The van der Waals surface area contributed by atoms with Gasteiger partial charge in [-0.15, -0.1) is 0 Å². The van der Waals surface area contributed by atoms with Crippen molar-refractivity contribution < 1.29 is 45.5 Å². The zero-order valence-corrected chi connectivity index (χ0v) is 14.9. The Kier molecular flexibility index (Phi) is 4.08. The van der Waals surface area contributed by atoms with Gasteiger partial charge in [-0.3, -0.25) is 29.8 Å². The van der Waals surface area contributed by atoms with Gasteiger partial charge in [0, 0.05) is 0 Å². The quantitative estimate of drug-likeness (QED) is 0.553. The fourth-order valence-corrected chi connectivity index (χ4v) is 3.98. The first-order valence-electron chi connectivity index (χ1n) is 8.44. The van der Waals surface area contributed by atoms with Crippen molar-refractivity contribution in [3.05, 3.63) is 69.8 Å². The molecule has 0 unspecified atom stereocenters. The summed E-state index contributed by atoms with van der Waals surface area (Å²) in [6, 6.07) is 4.20. The lowest BCUT2D eigenvalue weighted by molar-refractivity contribution is -0.288. The predicted octanol–water partition coefficient (Wildman–Crippen LogP) is 2.86. The molecule has 2 N–H and O–H groups in total. The Morgan fingerprint density at radius 1 is 0.548 bits per heavy atom. The largest absolute Gasteiger partial charge is 0.411 e. The second-order valence-corrected chi connectivity index (χ2v) is 6.77. The van der Waals surface area contributed by atoms with Gasteiger partial charge < -0.3 is 0 Å². The molecule has 31 heavy (non-hydrogen) atoms. The standard InChI is InChI=1S/C19H8F6N2O4/c20-18(21,22)17(19(23,24)25,9-5-1-3-7-11(9)15(30)26-13(7)28)10-6-2-4-8-12(10)16(31)27-14(8)29/h1-6H,(H,26,28,30)(H,27,29,31). The highest BCUT2D eigenvalue weighted by atomic mass is 19.4. The van der Waals surface area contributed by atoms with Gasteiger partial charge in [0.15, 0.2) is 0 Å². The fourth-order valence-electron chi connectivity index (χ4n) is 3.98. The molecule has 2 aliphatic rings. The highest BCUT2D eigenvalue weighted by molar-refractivity contribution is 6.23. The van der Waals surface area contributed by atoms with E-state index in [1.54, 1.807) is 10.6 Å². The van der Waals surface area contributed by atoms with Crippen molar-refractivity contribution in [2.45, 2.75) is 17.8 Å². The molecular formula is C19H8F6N2O4. The van der Waals surface area contributed by atoms with E-state index in [9.17, 15) is 45.5 Å². The average Bonchev–Trinajstić information content (AvgIpc) is 3.10. The Bertz CT molecular complexity index is 1110. The summed E-state index contributed by atoms with van der Waals surface area (Å²) in [5, 5.41) is 3.34. The van der Waals surface area contributed by atoms with Crippen LogP contribution in [0, 0.1) is 0 Å². The molecule has 6 nitrogen and oxygen atoms in total. The molecule has 2 heterocycles. The molecule has 2 aromatic rings. The van der Waals surface area contributed by atoms with Crippen LogP contribution >= 0.6 is 0 Å². The Morgan fingerprint density at radius 2 is 0.903 bits per heavy atom. The molecule has 0 saturated heterocycles. The molecule has 0 fully saturated rings. The minimum atomic E-state index is -6.13. The second-order valence-electron chi connectivity index (χ2n) is 6.77. The van der Waals surface area contributed by atoms with Crippen molar-refractivity contribution >= 4 is 23.6 Å². The molecule has 12 heteroatoms. The average molecular weight is 442 g/mol. The third kappa shape index (κ3) is 2.53. The van der Waals surface area contributed by atoms with E-state index in [1.807, 2.05) is 0 Å². The Hall–Kier alpha value is -3.70. The van der Waals surface area contributed by atoms with Crippen LogP contribution in [0.5, 0.6) is 0 Å². The van der Waals surface area contributed by atoms with Gasteiger partial charge in [-0.25, -0.2) is 0 Å². The minimum absolute atomic E-state index is 0.423. The number of hydrogen-bond donors (Lipinski definition) is 2. The number of nitrogens with one attached hydrogen (secondary N) is 2. The maximum atomic E-state index is 14.5. The van der Waals surface area contributed by atoms with Gasteiger partial charge in [0.25, 0.3) is 23.6 Å². The van der Waals surface area contributed by atoms with Gasteiger partial charge in [0.05, 0.1) is 22.3 Å². The van der Waals surface area contributed by atoms with Crippen LogP contribution in [0.4, 0.5) is 26.3 Å². The summed E-state index contributed by atoms with van der Waals surface area (Å²) in [4.78, 5) is 48.1. The van der Waals surface area contributed by atoms with Crippen molar-refractivity contribution in [2.24, 2.45) is 0 Å². The maximum absolute atomic E-state index is 14.5. The first kappa shape index (κ1) is 20.6. The number of imide groups is 2. The maximum Gasteiger partial charge on any atom is 0.411 e. The first-order chi connectivity index (χ1) is 14.3. The van der Waals surface area contributed by atoms with E-state index in [2.05, 4.69) is 0 Å². The smallest absolute Gasteiger partial charge is 0.288 e. The van der Waals surface area contributed by atoms with Crippen LogP contribution in [0.1, 0.15) is 52.6 Å². The fraction of sp³-hybridized carbons (Fsp3) is 0.158. The molecule has 160 valence electrons. The molecule has 2 aliphatic heterocycles. The molecule has 0 aromatic heterocycles. The third-order valence-corrected chi connectivity index (χ3v) is 5.18. The number of alkyl halides is 6. The molecule has 0 atom stereocenters. The zero-order valence-electron chi connectivity index (χ0n) is 14.9. The predicted molar refractivity (Wildman–Crippen MR) is 89.4 cm³/mol. The van der Waals surface area contributed by atoms with Gasteiger partial charge in [-0.2, -0.15) is 26.3 Å². The molecule has 0 saturated carbocycles. The van der Waals surface area contributed by atoms with E-state index in [-0.39, 0.29) is 0 Å². The van der Waals surface area contributed by atoms with E-state index >= 15 is 0 Å². The molecule has 4 rings (SSSR count). The number of benzene rings is 2. The Morgan fingerprint density at radius 3 is 1.23 bits per heavy atom. The number of halogens is 6. The first-order valence-corrected chi connectivity index (χ1v) is 8.44. The van der Waals surface area contributed by atoms with Crippen molar-refractivity contribution in [2.75, 3.05) is 0 Å². The summed E-state index contributed by atoms with van der Waals surface area (Å²) in [6.45, 7) is 0. The van der Waals surface area contributed by atoms with Gasteiger partial charge >= 0.3 is 12.4 Å². The SMILES string of the molecule is O=C1NC(=O)c2c1cccc2C(c1cccc2c1C(=O)NC2=O)(C(F)(F)F)C(F)(F)F. The summed E-state index contributed by atoms with van der Waals surface area (Å²) >= 11 is 0. The number of carbonyl (C=O) groups excluding carboxylic acids is 4. The molecule has 4 amide bonds. The lowest BCUT2D eigenvalue weighted by Gasteiger charge is -2.39. The van der Waals surface area contributed by atoms with Crippen molar-refractivity contribution in [1.29, 1.82) is 0 Å². The highest BCUT2D eigenvalue weighted by Gasteiger charge is 2.74. The topological polar surface area (TPSA) is 92.3 Å². The molecule has 0 aliphatic carbocycles. The molecule has 0 bridgehead atoms. The summed E-state index contributed by atoms with van der Waals surface area (Å²) < 4.78 is 86.8. The number of fused-ring (bicyclic) bond motifs is 2. The van der Waals surface area contributed by atoms with Crippen LogP contribution < -0.4 is 10.6 Å². The van der Waals surface area contributed by atoms with E-state index < -0.39 is 74.8 Å². The lowest BCUT2D eigenvalue weighted by atomic mass is 9.68. The summed E-state index contributed by atoms with van der Waals surface area (Å²) in [7, 11) is 0. The van der Waals surface area contributed by atoms with E-state index in [0.29, 0.717) is 12.1 Å². The number of carbonyl (C=O) groups is 4. The minimum Gasteiger partial charge on any atom is -0.288 e. The highest BCUT2D eigenvalue weighted by Crippen LogP contribution is 2.58. The monoisotopic (exact) mass is 442 g/mol. The number of amides is 4. The van der Waals surface area contributed by atoms with Gasteiger partial charge in [0.1, 0.15) is 0 Å². The molecular weight excluding hydrogens is 434 g/mol. The number of hydrogen-bond acceptors (Lipinski definition) is 4. The summed E-state index contributed by atoms with van der Waals surface area (Å²) in [5.74, 6) is -5.21. The van der Waals surface area contributed by atoms with Crippen LogP contribution in [0.15, 0.2) is 36.4 Å². The van der Waals surface area contributed by atoms with Crippen LogP contribution in [-0.4, -0.2) is 36.0 Å². The van der Waals surface area contributed by atoms with Gasteiger partial charge in [0.2, 0.25) is 5.41 Å².